The largest absolute Gasteiger partial charge is 0.397 e. The van der Waals surface area contributed by atoms with Gasteiger partial charge in [0, 0.05) is 12.4 Å². The Bertz CT molecular complexity index is 654. The van der Waals surface area contributed by atoms with Crippen molar-refractivity contribution in [2.75, 3.05) is 5.73 Å². The summed E-state index contributed by atoms with van der Waals surface area (Å²) in [5.74, 6) is 0.870. The van der Waals surface area contributed by atoms with Crippen LogP contribution < -0.4 is 5.73 Å². The average Bonchev–Trinajstić information content (AvgIpc) is 2.88. The Balaban J connectivity index is 2.37. The van der Waals surface area contributed by atoms with E-state index in [9.17, 15) is 0 Å². The van der Waals surface area contributed by atoms with Crippen molar-refractivity contribution in [1.29, 1.82) is 0 Å². The van der Waals surface area contributed by atoms with Gasteiger partial charge >= 0.3 is 0 Å². The van der Waals surface area contributed by atoms with Crippen LogP contribution in [0.25, 0.3) is 16.7 Å². The number of aryl methyl sites for hydroxylation is 1. The number of nitrogens with zero attached hydrogens (tertiary/aromatic N) is 4. The minimum Gasteiger partial charge on any atom is -0.397 e. The van der Waals surface area contributed by atoms with Gasteiger partial charge in [-0.05, 0) is 29.4 Å². The number of aromatic nitrogens is 4. The first-order chi connectivity index (χ1) is 7.77. The molecule has 0 aliphatic rings. The lowest BCUT2D eigenvalue weighted by Crippen LogP contribution is -1.98. The van der Waals surface area contributed by atoms with E-state index in [4.69, 9.17) is 10.4 Å². The second kappa shape index (κ2) is 3.06. The summed E-state index contributed by atoms with van der Waals surface area (Å²) in [6.07, 6.45) is 3.58. The van der Waals surface area contributed by atoms with Crippen molar-refractivity contribution >= 4 is 16.7 Å². The molecule has 0 fully saturated rings. The minimum absolute atomic E-state index is 0.553. The van der Waals surface area contributed by atoms with Crippen LogP contribution in [-0.2, 0) is 0 Å². The topological polar surface area (TPSA) is 82.8 Å². The Morgan fingerprint density at radius 2 is 2.06 bits per heavy atom. The number of rotatable bonds is 1. The second-order valence-corrected chi connectivity index (χ2v) is 3.48. The van der Waals surface area contributed by atoms with Crippen LogP contribution in [0.5, 0.6) is 0 Å². The summed E-state index contributed by atoms with van der Waals surface area (Å²) in [5, 5.41) is 7.64. The molecule has 0 atom stereocenters. The van der Waals surface area contributed by atoms with Crippen LogP contribution in [-0.4, -0.2) is 19.9 Å². The van der Waals surface area contributed by atoms with Gasteiger partial charge in [-0.1, -0.05) is 0 Å². The zero-order chi connectivity index (χ0) is 11.1. The summed E-state index contributed by atoms with van der Waals surface area (Å²) in [5.41, 5.74) is 8.40. The van der Waals surface area contributed by atoms with Crippen LogP contribution >= 0.6 is 0 Å². The van der Waals surface area contributed by atoms with Crippen molar-refractivity contribution in [2.45, 2.75) is 6.92 Å². The van der Waals surface area contributed by atoms with Crippen molar-refractivity contribution < 1.29 is 4.63 Å². The average molecular weight is 215 g/mol. The fraction of sp³-hybridized carbons (Fsp3) is 0.100. The van der Waals surface area contributed by atoms with Crippen molar-refractivity contribution in [3.05, 3.63) is 30.4 Å². The monoisotopic (exact) mass is 215 g/mol. The molecule has 2 heterocycles. The van der Waals surface area contributed by atoms with E-state index in [-0.39, 0.29) is 0 Å². The minimum atomic E-state index is 0.553. The van der Waals surface area contributed by atoms with Crippen molar-refractivity contribution in [3.8, 4) is 5.69 Å². The third kappa shape index (κ3) is 1.10. The van der Waals surface area contributed by atoms with Gasteiger partial charge in [-0.25, -0.2) is 9.61 Å². The second-order valence-electron chi connectivity index (χ2n) is 3.48. The van der Waals surface area contributed by atoms with Crippen molar-refractivity contribution in [1.82, 2.24) is 19.9 Å². The van der Waals surface area contributed by atoms with E-state index in [0.29, 0.717) is 16.7 Å². The molecule has 0 spiro atoms. The van der Waals surface area contributed by atoms with Crippen LogP contribution in [0.3, 0.4) is 0 Å². The Kier molecular flexibility index (Phi) is 1.70. The highest BCUT2D eigenvalue weighted by molar-refractivity contribution is 5.91. The van der Waals surface area contributed by atoms with Crippen molar-refractivity contribution in [2.24, 2.45) is 0 Å². The third-order valence-electron chi connectivity index (χ3n) is 2.51. The Morgan fingerprint density at radius 3 is 2.81 bits per heavy atom. The molecule has 16 heavy (non-hydrogen) atoms. The summed E-state index contributed by atoms with van der Waals surface area (Å²) in [7, 11) is 0. The van der Waals surface area contributed by atoms with E-state index in [1.165, 1.54) is 0 Å². The van der Waals surface area contributed by atoms with Gasteiger partial charge in [-0.2, -0.15) is 0 Å². The number of hydrogen-bond acceptors (Lipinski definition) is 5. The van der Waals surface area contributed by atoms with E-state index < -0.39 is 0 Å². The Morgan fingerprint density at radius 1 is 1.25 bits per heavy atom. The van der Waals surface area contributed by atoms with Gasteiger partial charge in [0.05, 0.1) is 11.4 Å². The molecule has 0 amide bonds. The predicted octanol–water partition coefficient (Wildman–Crippen LogP) is 1.30. The lowest BCUT2D eigenvalue weighted by atomic mass is 10.2. The Labute approximate surface area is 90.7 Å². The van der Waals surface area contributed by atoms with Gasteiger partial charge in [0.1, 0.15) is 5.82 Å². The summed E-state index contributed by atoms with van der Waals surface area (Å²) in [4.78, 5) is 4.16. The zero-order valence-corrected chi connectivity index (χ0v) is 8.58. The highest BCUT2D eigenvalue weighted by Gasteiger charge is 2.12. The molecule has 0 unspecified atom stereocenters. The molecular formula is C10H9N5O. The van der Waals surface area contributed by atoms with E-state index >= 15 is 0 Å². The first-order valence-corrected chi connectivity index (χ1v) is 4.78. The maximum atomic E-state index is 5.77. The number of fused-ring (bicyclic) bond motifs is 1. The highest BCUT2D eigenvalue weighted by atomic mass is 16.6. The maximum absolute atomic E-state index is 5.77. The highest BCUT2D eigenvalue weighted by Crippen LogP contribution is 2.24. The number of hydrogen-bond donors (Lipinski definition) is 1. The standard InChI is InChI=1S/C10H9N5O/c1-6-12-4-5-15(6)8-3-2-7(11)9-10(8)14-16-13-9/h2-5H,11H2,1H3. The van der Waals surface area contributed by atoms with Gasteiger partial charge in [0.2, 0.25) is 0 Å². The van der Waals surface area contributed by atoms with Gasteiger partial charge in [-0.3, -0.25) is 0 Å². The molecule has 0 aliphatic heterocycles. The van der Waals surface area contributed by atoms with E-state index in [2.05, 4.69) is 15.3 Å². The lowest BCUT2D eigenvalue weighted by Gasteiger charge is -2.05. The van der Waals surface area contributed by atoms with Crippen LogP contribution in [0.1, 0.15) is 5.82 Å². The molecular weight excluding hydrogens is 206 g/mol. The Hall–Kier alpha value is -2.37. The first-order valence-electron chi connectivity index (χ1n) is 4.78. The molecule has 0 bridgehead atoms. The number of nitrogens with two attached hydrogens (primary N) is 1. The van der Waals surface area contributed by atoms with Gasteiger partial charge in [0.25, 0.3) is 0 Å². The summed E-state index contributed by atoms with van der Waals surface area (Å²) in [6, 6.07) is 3.65. The fourth-order valence-electron chi connectivity index (χ4n) is 1.70. The van der Waals surface area contributed by atoms with E-state index in [1.54, 1.807) is 12.3 Å². The molecule has 0 radical (unpaired) electrons. The molecule has 3 rings (SSSR count). The molecule has 6 nitrogen and oxygen atoms in total. The first kappa shape index (κ1) is 8.90. The SMILES string of the molecule is Cc1nccn1-c1ccc(N)c2nonc12. The number of nitrogen functional groups attached to an aromatic ring is 1. The molecule has 80 valence electrons. The summed E-state index contributed by atoms with van der Waals surface area (Å²) in [6.45, 7) is 1.91. The molecule has 2 aromatic heterocycles. The maximum Gasteiger partial charge on any atom is 0.161 e. The molecule has 0 saturated carbocycles. The fourth-order valence-corrected chi connectivity index (χ4v) is 1.70. The molecule has 3 aromatic rings. The van der Waals surface area contributed by atoms with Crippen LogP contribution in [0.2, 0.25) is 0 Å². The number of benzene rings is 1. The van der Waals surface area contributed by atoms with Gasteiger partial charge in [0.15, 0.2) is 11.0 Å². The number of imidazole rings is 1. The third-order valence-corrected chi connectivity index (χ3v) is 2.51. The van der Waals surface area contributed by atoms with Gasteiger partial charge < -0.3 is 10.3 Å². The van der Waals surface area contributed by atoms with E-state index in [1.807, 2.05) is 23.8 Å². The van der Waals surface area contributed by atoms with Crippen LogP contribution in [0, 0.1) is 6.92 Å². The summed E-state index contributed by atoms with van der Waals surface area (Å²) < 4.78 is 6.62. The van der Waals surface area contributed by atoms with Crippen LogP contribution in [0.4, 0.5) is 5.69 Å². The normalized spacial score (nSPS) is 11.1. The molecule has 1 aromatic carbocycles. The van der Waals surface area contributed by atoms with Gasteiger partial charge in [-0.15, -0.1) is 0 Å². The van der Waals surface area contributed by atoms with Crippen LogP contribution in [0.15, 0.2) is 29.2 Å². The number of anilines is 1. The summed E-state index contributed by atoms with van der Waals surface area (Å²) >= 11 is 0. The zero-order valence-electron chi connectivity index (χ0n) is 8.58. The molecule has 0 saturated heterocycles. The quantitative estimate of drug-likeness (QED) is 0.618. The molecule has 0 aliphatic carbocycles. The van der Waals surface area contributed by atoms with Crippen molar-refractivity contribution in [3.63, 3.8) is 0 Å². The smallest absolute Gasteiger partial charge is 0.161 e. The lowest BCUT2D eigenvalue weighted by molar-refractivity contribution is 0.315. The predicted molar refractivity (Wildman–Crippen MR) is 58.1 cm³/mol. The van der Waals surface area contributed by atoms with E-state index in [0.717, 1.165) is 11.5 Å². The molecule has 2 N–H and O–H groups in total. The molecule has 6 heteroatoms.